The summed E-state index contributed by atoms with van der Waals surface area (Å²) >= 11 is 0. The van der Waals surface area contributed by atoms with Crippen LogP contribution in [0.5, 0.6) is 5.75 Å². The van der Waals surface area contributed by atoms with Crippen LogP contribution in [0.4, 0.5) is 9.18 Å². The van der Waals surface area contributed by atoms with Crippen LogP contribution >= 0.6 is 0 Å². The van der Waals surface area contributed by atoms with E-state index in [9.17, 15) is 14.0 Å². The maximum absolute atomic E-state index is 13.7. The van der Waals surface area contributed by atoms with Crippen molar-refractivity contribution in [2.45, 2.75) is 12.5 Å². The van der Waals surface area contributed by atoms with Gasteiger partial charge < -0.3 is 20.1 Å². The second kappa shape index (κ2) is 9.41. The number of carbonyl (C=O) groups is 2. The summed E-state index contributed by atoms with van der Waals surface area (Å²) in [6.07, 6.45) is -0.147. The number of aliphatic carboxylic acids is 1. The molecular formula is C19H21FN2O4. The number of para-hydroxylation sites is 1. The van der Waals surface area contributed by atoms with Crippen molar-refractivity contribution >= 4 is 12.0 Å². The Morgan fingerprint density at radius 2 is 1.81 bits per heavy atom. The second-order valence-corrected chi connectivity index (χ2v) is 5.72. The van der Waals surface area contributed by atoms with Crippen molar-refractivity contribution in [1.29, 1.82) is 0 Å². The maximum Gasteiger partial charge on any atom is 0.317 e. The molecule has 2 amide bonds. The Kier molecular flexibility index (Phi) is 6.96. The van der Waals surface area contributed by atoms with Gasteiger partial charge in [0.2, 0.25) is 0 Å². The molecule has 0 radical (unpaired) electrons. The molecule has 2 rings (SSSR count). The van der Waals surface area contributed by atoms with E-state index in [0.29, 0.717) is 0 Å². The predicted octanol–water partition coefficient (Wildman–Crippen LogP) is 3.06. The van der Waals surface area contributed by atoms with Gasteiger partial charge in [0.15, 0.2) is 11.6 Å². The van der Waals surface area contributed by atoms with Gasteiger partial charge in [0.05, 0.1) is 12.5 Å². The molecule has 0 aliphatic rings. The lowest BCUT2D eigenvalue weighted by atomic mass is 10.1. The molecule has 6 nitrogen and oxygen atoms in total. The lowest BCUT2D eigenvalue weighted by Crippen LogP contribution is -2.42. The average Bonchev–Trinajstić information content (AvgIpc) is 2.64. The summed E-state index contributed by atoms with van der Waals surface area (Å²) in [6.45, 7) is 0.111. The van der Waals surface area contributed by atoms with E-state index in [-0.39, 0.29) is 25.3 Å². The monoisotopic (exact) mass is 360 g/mol. The quantitative estimate of drug-likeness (QED) is 0.758. The number of hydrogen-bond donors (Lipinski definition) is 2. The van der Waals surface area contributed by atoms with Crippen LogP contribution in [0.15, 0.2) is 54.6 Å². The first-order valence-corrected chi connectivity index (χ1v) is 8.13. The molecule has 7 heteroatoms. The number of benzene rings is 2. The van der Waals surface area contributed by atoms with Crippen molar-refractivity contribution < 1.29 is 23.8 Å². The van der Waals surface area contributed by atoms with Gasteiger partial charge in [-0.1, -0.05) is 42.5 Å². The third-order valence-electron chi connectivity index (χ3n) is 3.75. The van der Waals surface area contributed by atoms with Crippen molar-refractivity contribution in [2.24, 2.45) is 0 Å². The summed E-state index contributed by atoms with van der Waals surface area (Å²) in [7, 11) is 1.51. The number of rotatable bonds is 8. The molecule has 1 atom stereocenters. The topological polar surface area (TPSA) is 78.9 Å². The van der Waals surface area contributed by atoms with Gasteiger partial charge in [-0.3, -0.25) is 4.79 Å². The molecule has 0 bridgehead atoms. The number of carbonyl (C=O) groups excluding carboxylic acids is 1. The van der Waals surface area contributed by atoms with Crippen molar-refractivity contribution in [3.8, 4) is 5.75 Å². The van der Waals surface area contributed by atoms with E-state index in [4.69, 9.17) is 9.84 Å². The van der Waals surface area contributed by atoms with Gasteiger partial charge in [0.1, 0.15) is 6.61 Å². The van der Waals surface area contributed by atoms with Crippen molar-refractivity contribution in [3.05, 3.63) is 66.0 Å². The standard InChI is InChI=1S/C19H21FN2O4/c1-22(12-11-18(23)24)19(25)21-16(14-7-3-2-4-8-14)13-26-17-10-6-5-9-15(17)20/h2-10,16H,11-13H2,1H3,(H,21,25)(H,23,24). The van der Waals surface area contributed by atoms with Crippen LogP contribution in [-0.4, -0.2) is 42.2 Å². The number of amides is 2. The molecule has 0 aromatic heterocycles. The Bertz CT molecular complexity index is 739. The number of halogens is 1. The zero-order valence-corrected chi connectivity index (χ0v) is 14.4. The SMILES string of the molecule is CN(CCC(=O)O)C(=O)NC(COc1ccccc1F)c1ccccc1. The van der Waals surface area contributed by atoms with Gasteiger partial charge >= 0.3 is 12.0 Å². The fourth-order valence-corrected chi connectivity index (χ4v) is 2.27. The predicted molar refractivity (Wildman–Crippen MR) is 94.5 cm³/mol. The Balaban J connectivity index is 2.05. The Morgan fingerprint density at radius 3 is 2.46 bits per heavy atom. The van der Waals surface area contributed by atoms with E-state index in [0.717, 1.165) is 5.56 Å². The number of ether oxygens (including phenoxy) is 1. The smallest absolute Gasteiger partial charge is 0.317 e. The molecular weight excluding hydrogens is 339 g/mol. The van der Waals surface area contributed by atoms with Gasteiger partial charge in [0, 0.05) is 13.6 Å². The number of nitrogens with zero attached hydrogens (tertiary/aromatic N) is 1. The van der Waals surface area contributed by atoms with E-state index in [1.807, 2.05) is 30.3 Å². The molecule has 0 saturated heterocycles. The van der Waals surface area contributed by atoms with Crippen molar-refractivity contribution in [1.82, 2.24) is 10.2 Å². The lowest BCUT2D eigenvalue weighted by Gasteiger charge is -2.24. The summed E-state index contributed by atoms with van der Waals surface area (Å²) < 4.78 is 19.3. The first-order chi connectivity index (χ1) is 12.5. The summed E-state index contributed by atoms with van der Waals surface area (Å²) in [5, 5.41) is 11.5. The number of nitrogens with one attached hydrogen (secondary N) is 1. The van der Waals surface area contributed by atoms with Crippen molar-refractivity contribution in [3.63, 3.8) is 0 Å². The minimum Gasteiger partial charge on any atom is -0.488 e. The molecule has 2 N–H and O–H groups in total. The number of carboxylic acids is 1. The zero-order valence-electron chi connectivity index (χ0n) is 14.4. The highest BCUT2D eigenvalue weighted by molar-refractivity contribution is 5.75. The summed E-state index contributed by atoms with van der Waals surface area (Å²) in [5.74, 6) is -1.36. The second-order valence-electron chi connectivity index (χ2n) is 5.72. The van der Waals surface area contributed by atoms with E-state index in [2.05, 4.69) is 5.32 Å². The van der Waals surface area contributed by atoms with Crippen LogP contribution in [0, 0.1) is 5.82 Å². The number of carboxylic acid groups (broad SMARTS) is 1. The summed E-state index contributed by atoms with van der Waals surface area (Å²) in [5.41, 5.74) is 0.795. The highest BCUT2D eigenvalue weighted by Gasteiger charge is 2.19. The highest BCUT2D eigenvalue weighted by Crippen LogP contribution is 2.19. The van der Waals surface area contributed by atoms with Crippen LogP contribution in [0.1, 0.15) is 18.0 Å². The number of hydrogen-bond acceptors (Lipinski definition) is 3. The van der Waals surface area contributed by atoms with Gasteiger partial charge in [-0.05, 0) is 17.7 Å². The lowest BCUT2D eigenvalue weighted by molar-refractivity contribution is -0.137. The van der Waals surface area contributed by atoms with E-state index < -0.39 is 23.9 Å². The first kappa shape index (κ1) is 19.2. The third kappa shape index (κ3) is 5.77. The van der Waals surface area contributed by atoms with E-state index >= 15 is 0 Å². The van der Waals surface area contributed by atoms with E-state index in [1.165, 1.54) is 24.1 Å². The molecule has 0 fully saturated rings. The fourth-order valence-electron chi connectivity index (χ4n) is 2.27. The summed E-state index contributed by atoms with van der Waals surface area (Å²) in [6, 6.07) is 14.2. The first-order valence-electron chi connectivity index (χ1n) is 8.13. The van der Waals surface area contributed by atoms with Crippen LogP contribution in [0.25, 0.3) is 0 Å². The van der Waals surface area contributed by atoms with Crippen LogP contribution in [-0.2, 0) is 4.79 Å². The molecule has 2 aromatic carbocycles. The third-order valence-corrected chi connectivity index (χ3v) is 3.75. The van der Waals surface area contributed by atoms with Gasteiger partial charge in [-0.25, -0.2) is 9.18 Å². The van der Waals surface area contributed by atoms with Crippen LogP contribution in [0.2, 0.25) is 0 Å². The molecule has 1 unspecified atom stereocenters. The maximum atomic E-state index is 13.7. The van der Waals surface area contributed by atoms with Crippen LogP contribution in [0.3, 0.4) is 0 Å². The molecule has 2 aromatic rings. The molecule has 0 heterocycles. The van der Waals surface area contributed by atoms with Gasteiger partial charge in [-0.2, -0.15) is 0 Å². The van der Waals surface area contributed by atoms with Crippen molar-refractivity contribution in [2.75, 3.05) is 20.2 Å². The minimum absolute atomic E-state index is 0.0312. The molecule has 0 saturated carbocycles. The largest absolute Gasteiger partial charge is 0.488 e. The molecule has 138 valence electrons. The Hall–Kier alpha value is -3.09. The summed E-state index contributed by atoms with van der Waals surface area (Å²) in [4.78, 5) is 24.2. The fraction of sp³-hybridized carbons (Fsp3) is 0.263. The molecule has 0 aliphatic carbocycles. The number of urea groups is 1. The molecule has 0 aliphatic heterocycles. The van der Waals surface area contributed by atoms with Crippen LogP contribution < -0.4 is 10.1 Å². The zero-order chi connectivity index (χ0) is 18.9. The average molecular weight is 360 g/mol. The van der Waals surface area contributed by atoms with Gasteiger partial charge in [-0.15, -0.1) is 0 Å². The van der Waals surface area contributed by atoms with Gasteiger partial charge in [0.25, 0.3) is 0 Å². The minimum atomic E-state index is -0.979. The van der Waals surface area contributed by atoms with E-state index in [1.54, 1.807) is 12.1 Å². The Morgan fingerprint density at radius 1 is 1.15 bits per heavy atom. The molecule has 0 spiro atoms. The Labute approximate surface area is 151 Å². The highest BCUT2D eigenvalue weighted by atomic mass is 19.1. The normalized spacial score (nSPS) is 11.5. The molecule has 26 heavy (non-hydrogen) atoms.